The van der Waals surface area contributed by atoms with Crippen molar-refractivity contribution in [1.29, 1.82) is 0 Å². The fraction of sp³-hybridized carbons (Fsp3) is 0.286. The van der Waals surface area contributed by atoms with Crippen LogP contribution in [-0.2, 0) is 11.3 Å². The molecule has 0 bridgehead atoms. The maximum atomic E-state index is 12.8. The number of benzene rings is 1. The zero-order valence-electron chi connectivity index (χ0n) is 16.2. The quantitative estimate of drug-likeness (QED) is 0.550. The number of nitrogens with zero attached hydrogens (tertiary/aromatic N) is 5. The number of hydrogen-bond donors (Lipinski definition) is 1. The molecule has 0 amide bonds. The molecule has 152 valence electrons. The highest BCUT2D eigenvalue weighted by Gasteiger charge is 2.31. The van der Waals surface area contributed by atoms with Gasteiger partial charge in [-0.15, -0.1) is 0 Å². The zero-order chi connectivity index (χ0) is 20.7. The summed E-state index contributed by atoms with van der Waals surface area (Å²) in [5, 5.41) is 14.0. The standard InChI is InChI=1S/C21H19N5O4/c1-12-6-7-22-20-18(12)21(28)26(11-23-20)9-17-24-19(25-30-17)14-8-16(29-10-14)13-2-4-15(27)5-3-13/h2-7,11,14,16,27H,8-10H2,1H3/t14-,16+/m0/s1. The van der Waals surface area contributed by atoms with Gasteiger partial charge in [-0.05, 0) is 42.7 Å². The Bertz CT molecular complexity index is 1260. The number of aryl methyl sites for hydroxylation is 1. The van der Waals surface area contributed by atoms with Crippen LogP contribution in [0.25, 0.3) is 11.0 Å². The molecule has 5 rings (SSSR count). The van der Waals surface area contributed by atoms with Crippen molar-refractivity contribution in [2.75, 3.05) is 6.61 Å². The molecule has 1 saturated heterocycles. The lowest BCUT2D eigenvalue weighted by Crippen LogP contribution is -2.22. The number of phenols is 1. The largest absolute Gasteiger partial charge is 0.508 e. The first-order valence-electron chi connectivity index (χ1n) is 9.62. The van der Waals surface area contributed by atoms with Crippen LogP contribution in [0.2, 0.25) is 0 Å². The summed E-state index contributed by atoms with van der Waals surface area (Å²) in [5.41, 5.74) is 2.05. The van der Waals surface area contributed by atoms with Gasteiger partial charge in [0.2, 0.25) is 5.89 Å². The van der Waals surface area contributed by atoms with E-state index in [0.717, 1.165) is 11.1 Å². The third-order valence-corrected chi connectivity index (χ3v) is 5.35. The number of aromatic nitrogens is 5. The van der Waals surface area contributed by atoms with Crippen molar-refractivity contribution in [2.45, 2.75) is 31.9 Å². The molecule has 0 aliphatic carbocycles. The Morgan fingerprint density at radius 3 is 2.87 bits per heavy atom. The van der Waals surface area contributed by atoms with Gasteiger partial charge in [0.05, 0.1) is 18.1 Å². The van der Waals surface area contributed by atoms with Crippen LogP contribution in [0.1, 0.15) is 41.3 Å². The van der Waals surface area contributed by atoms with Gasteiger partial charge in [0.25, 0.3) is 5.56 Å². The van der Waals surface area contributed by atoms with Gasteiger partial charge in [-0.1, -0.05) is 17.3 Å². The number of rotatable bonds is 4. The molecule has 3 aromatic heterocycles. The highest BCUT2D eigenvalue weighted by molar-refractivity contribution is 5.76. The fourth-order valence-electron chi connectivity index (χ4n) is 3.71. The van der Waals surface area contributed by atoms with E-state index >= 15 is 0 Å². The van der Waals surface area contributed by atoms with Crippen LogP contribution in [-0.4, -0.2) is 36.4 Å². The van der Waals surface area contributed by atoms with E-state index in [1.165, 1.54) is 10.9 Å². The lowest BCUT2D eigenvalue weighted by Gasteiger charge is -2.09. The second-order valence-electron chi connectivity index (χ2n) is 7.40. The van der Waals surface area contributed by atoms with Gasteiger partial charge in [-0.25, -0.2) is 9.97 Å². The minimum atomic E-state index is -0.193. The lowest BCUT2D eigenvalue weighted by molar-refractivity contribution is 0.110. The minimum absolute atomic E-state index is 0.000743. The first-order chi connectivity index (χ1) is 14.6. The number of fused-ring (bicyclic) bond motifs is 1. The molecule has 0 saturated carbocycles. The Balaban J connectivity index is 1.34. The van der Waals surface area contributed by atoms with Crippen molar-refractivity contribution in [3.63, 3.8) is 0 Å². The molecule has 1 fully saturated rings. The fourth-order valence-corrected chi connectivity index (χ4v) is 3.71. The Hall–Kier alpha value is -3.59. The summed E-state index contributed by atoms with van der Waals surface area (Å²) >= 11 is 0. The molecule has 2 atom stereocenters. The van der Waals surface area contributed by atoms with Gasteiger partial charge in [0, 0.05) is 12.1 Å². The molecule has 0 spiro atoms. The van der Waals surface area contributed by atoms with E-state index in [4.69, 9.17) is 9.26 Å². The maximum absolute atomic E-state index is 12.8. The van der Waals surface area contributed by atoms with Gasteiger partial charge < -0.3 is 14.4 Å². The average Bonchev–Trinajstić information content (AvgIpc) is 3.40. The van der Waals surface area contributed by atoms with Gasteiger partial charge in [0.1, 0.15) is 18.6 Å². The van der Waals surface area contributed by atoms with Crippen LogP contribution in [0.15, 0.2) is 52.2 Å². The average molecular weight is 405 g/mol. The second kappa shape index (κ2) is 7.34. The van der Waals surface area contributed by atoms with Crippen LogP contribution < -0.4 is 5.56 Å². The molecule has 1 N–H and O–H groups in total. The molecule has 4 heterocycles. The number of pyridine rings is 1. The molecule has 4 aromatic rings. The molecule has 0 unspecified atom stereocenters. The predicted molar refractivity (Wildman–Crippen MR) is 106 cm³/mol. The van der Waals surface area contributed by atoms with Crippen LogP contribution in [0.3, 0.4) is 0 Å². The SMILES string of the molecule is Cc1ccnc2ncn(Cc3nc([C@@H]4CO[C@@H](c5ccc(O)cc5)C4)no3)c(=O)c12. The highest BCUT2D eigenvalue weighted by Crippen LogP contribution is 2.37. The van der Waals surface area contributed by atoms with Gasteiger partial charge >= 0.3 is 0 Å². The van der Waals surface area contributed by atoms with E-state index in [0.29, 0.717) is 35.8 Å². The number of hydrogen-bond acceptors (Lipinski definition) is 8. The maximum Gasteiger partial charge on any atom is 0.263 e. The monoisotopic (exact) mass is 405 g/mol. The van der Waals surface area contributed by atoms with Gasteiger partial charge in [-0.2, -0.15) is 4.98 Å². The van der Waals surface area contributed by atoms with E-state index in [2.05, 4.69) is 20.1 Å². The summed E-state index contributed by atoms with van der Waals surface area (Å²) in [5.74, 6) is 1.12. The highest BCUT2D eigenvalue weighted by atomic mass is 16.5. The van der Waals surface area contributed by atoms with Crippen molar-refractivity contribution in [3.05, 3.63) is 76.1 Å². The van der Waals surface area contributed by atoms with Gasteiger partial charge in [-0.3, -0.25) is 9.36 Å². The Morgan fingerprint density at radius 1 is 1.20 bits per heavy atom. The van der Waals surface area contributed by atoms with E-state index in [9.17, 15) is 9.90 Å². The smallest absolute Gasteiger partial charge is 0.263 e. The molecular weight excluding hydrogens is 386 g/mol. The van der Waals surface area contributed by atoms with E-state index in [-0.39, 0.29) is 29.9 Å². The summed E-state index contributed by atoms with van der Waals surface area (Å²) in [6.45, 7) is 2.47. The Kier molecular flexibility index (Phi) is 4.51. The van der Waals surface area contributed by atoms with Crippen LogP contribution in [0.4, 0.5) is 0 Å². The molecule has 1 aromatic carbocycles. The summed E-state index contributed by atoms with van der Waals surface area (Å²) in [6, 6.07) is 8.77. The summed E-state index contributed by atoms with van der Waals surface area (Å²) in [6.07, 6.45) is 3.71. The topological polar surface area (TPSA) is 116 Å². The Morgan fingerprint density at radius 2 is 2.03 bits per heavy atom. The number of ether oxygens (including phenoxy) is 1. The Labute approximate surface area is 171 Å². The van der Waals surface area contributed by atoms with E-state index in [1.807, 2.05) is 19.1 Å². The van der Waals surface area contributed by atoms with E-state index in [1.54, 1.807) is 24.4 Å². The third-order valence-electron chi connectivity index (χ3n) is 5.35. The van der Waals surface area contributed by atoms with Crippen molar-refractivity contribution >= 4 is 11.0 Å². The first kappa shape index (κ1) is 18.4. The molecule has 30 heavy (non-hydrogen) atoms. The number of phenolic OH excluding ortho intramolecular Hbond substituents is 1. The summed E-state index contributed by atoms with van der Waals surface area (Å²) < 4.78 is 12.7. The molecule has 1 aliphatic heterocycles. The van der Waals surface area contributed by atoms with Crippen molar-refractivity contribution in [3.8, 4) is 5.75 Å². The molecule has 0 radical (unpaired) electrons. The van der Waals surface area contributed by atoms with E-state index < -0.39 is 0 Å². The van der Waals surface area contributed by atoms with Crippen molar-refractivity contribution in [1.82, 2.24) is 24.7 Å². The second-order valence-corrected chi connectivity index (χ2v) is 7.40. The lowest BCUT2D eigenvalue weighted by atomic mass is 10.00. The summed E-state index contributed by atoms with van der Waals surface area (Å²) in [4.78, 5) is 25.7. The third kappa shape index (κ3) is 3.33. The zero-order valence-corrected chi connectivity index (χ0v) is 16.2. The molecule has 9 heteroatoms. The normalized spacial score (nSPS) is 18.8. The van der Waals surface area contributed by atoms with Crippen molar-refractivity contribution in [2.24, 2.45) is 0 Å². The summed E-state index contributed by atoms with van der Waals surface area (Å²) in [7, 11) is 0. The van der Waals surface area contributed by atoms with Crippen LogP contribution in [0, 0.1) is 6.92 Å². The van der Waals surface area contributed by atoms with Crippen LogP contribution in [0.5, 0.6) is 5.75 Å². The van der Waals surface area contributed by atoms with Gasteiger partial charge in [0.15, 0.2) is 11.5 Å². The molecule has 1 aliphatic rings. The number of aromatic hydroxyl groups is 1. The van der Waals surface area contributed by atoms with Crippen LogP contribution >= 0.6 is 0 Å². The molecule has 9 nitrogen and oxygen atoms in total. The molecular formula is C21H19N5O4. The predicted octanol–water partition coefficient (Wildman–Crippen LogP) is 2.48. The minimum Gasteiger partial charge on any atom is -0.508 e. The van der Waals surface area contributed by atoms with Crippen molar-refractivity contribution < 1.29 is 14.4 Å². The first-order valence-corrected chi connectivity index (χ1v) is 9.62.